The summed E-state index contributed by atoms with van der Waals surface area (Å²) >= 11 is 2.13. The van der Waals surface area contributed by atoms with Crippen LogP contribution in [0.1, 0.15) is 96.6 Å². The summed E-state index contributed by atoms with van der Waals surface area (Å²) in [6.45, 7) is -1.27. The number of benzene rings is 7. The van der Waals surface area contributed by atoms with Crippen molar-refractivity contribution >= 4 is 98.6 Å². The van der Waals surface area contributed by atoms with Gasteiger partial charge in [-0.25, -0.2) is 36.7 Å². The molecule has 0 fully saturated rings. The predicted octanol–water partition coefficient (Wildman–Crippen LogP) is 14.9. The second kappa shape index (κ2) is 24.9. The molecule has 3 aliphatic heterocycles. The van der Waals surface area contributed by atoms with E-state index in [1.165, 1.54) is 42.5 Å². The van der Waals surface area contributed by atoms with Crippen LogP contribution in [0.2, 0.25) is 0 Å². The van der Waals surface area contributed by atoms with E-state index in [1.54, 1.807) is 146 Å². The van der Waals surface area contributed by atoms with Crippen molar-refractivity contribution in [2.45, 2.75) is 61.9 Å². The van der Waals surface area contributed by atoms with Crippen LogP contribution < -0.4 is 0 Å². The Hall–Kier alpha value is -11.4. The molecule has 4 heterocycles. The summed E-state index contributed by atoms with van der Waals surface area (Å²) in [6, 6.07) is 43.6. The van der Waals surface area contributed by atoms with Crippen LogP contribution in [0, 0.1) is 23.5 Å². The molecule has 14 nitrogen and oxygen atoms in total. The number of Topliss-reactive ketones (excluding diaryl/α,β-unsaturated/α-hetero) is 4. The van der Waals surface area contributed by atoms with E-state index >= 15 is 19.2 Å². The maximum atomic E-state index is 15.5. The predicted molar refractivity (Wildman–Crippen MR) is 359 cm³/mol. The third-order valence-electron chi connectivity index (χ3n) is 18.8. The molecule has 0 saturated carbocycles. The molecule has 16 rings (SSSR count). The highest BCUT2D eigenvalue weighted by Crippen LogP contribution is 2.59. The highest BCUT2D eigenvalue weighted by Gasteiger charge is 2.63. The van der Waals surface area contributed by atoms with Crippen molar-refractivity contribution in [3.05, 3.63) is 321 Å². The molecule has 8 aliphatic rings. The molecule has 100 heavy (non-hydrogen) atoms. The van der Waals surface area contributed by atoms with Crippen LogP contribution in [0.4, 0.5) is 17.6 Å². The van der Waals surface area contributed by atoms with Crippen molar-refractivity contribution in [2.24, 2.45) is 11.8 Å². The van der Waals surface area contributed by atoms with Crippen molar-refractivity contribution in [1.82, 2.24) is 0 Å². The van der Waals surface area contributed by atoms with Gasteiger partial charge in [-0.15, -0.1) is 23.1 Å². The lowest BCUT2D eigenvalue weighted by Gasteiger charge is -2.41. The van der Waals surface area contributed by atoms with E-state index in [1.807, 2.05) is 0 Å². The summed E-state index contributed by atoms with van der Waals surface area (Å²) in [6.07, 6.45) is 8.27. The summed E-state index contributed by atoms with van der Waals surface area (Å²) in [7, 11) is 0. The van der Waals surface area contributed by atoms with Gasteiger partial charge in [0.05, 0.1) is 11.1 Å². The van der Waals surface area contributed by atoms with Gasteiger partial charge in [-0.2, -0.15) is 0 Å². The van der Waals surface area contributed by atoms with Crippen LogP contribution in [0.15, 0.2) is 239 Å². The molecular formula is C80H50F4O14S2. The van der Waals surface area contributed by atoms with Crippen molar-refractivity contribution < 1.29 is 84.3 Å². The van der Waals surface area contributed by atoms with Gasteiger partial charge in [0.2, 0.25) is 0 Å². The molecule has 5 aliphatic carbocycles. The molecule has 4 atom stereocenters. The maximum absolute atomic E-state index is 15.5. The zero-order valence-electron chi connectivity index (χ0n) is 52.2. The third kappa shape index (κ3) is 10.8. The average Bonchev–Trinajstić information content (AvgIpc) is 1.34. The second-order valence-electron chi connectivity index (χ2n) is 25.0. The Bertz CT molecular complexity index is 5060. The molecule has 494 valence electrons. The molecule has 0 radical (unpaired) electrons. The number of thioether (sulfide) groups is 1. The Morgan fingerprint density at radius 2 is 0.950 bits per heavy atom. The summed E-state index contributed by atoms with van der Waals surface area (Å²) in [5.41, 5.74) is -2.53. The number of hydrogen-bond acceptors (Lipinski definition) is 16. The van der Waals surface area contributed by atoms with E-state index in [2.05, 4.69) is 0 Å². The van der Waals surface area contributed by atoms with Crippen molar-refractivity contribution in [3.63, 3.8) is 0 Å². The smallest absolute Gasteiger partial charge is 0.367 e. The van der Waals surface area contributed by atoms with Gasteiger partial charge in [0, 0.05) is 82.7 Å². The quantitative estimate of drug-likeness (QED) is 0.0249. The van der Waals surface area contributed by atoms with E-state index in [4.69, 9.17) is 28.4 Å². The zero-order valence-corrected chi connectivity index (χ0v) is 53.9. The second-order valence-corrected chi connectivity index (χ2v) is 27.3. The minimum absolute atomic E-state index is 0.000820. The zero-order chi connectivity index (χ0) is 68.9. The van der Waals surface area contributed by atoms with Gasteiger partial charge >= 0.3 is 35.1 Å². The van der Waals surface area contributed by atoms with Crippen molar-refractivity contribution in [3.8, 4) is 0 Å². The van der Waals surface area contributed by atoms with E-state index < -0.39 is 98.9 Å². The molecule has 0 saturated heterocycles. The average molecular weight is 1380 g/mol. The molecule has 4 unspecified atom stereocenters. The lowest BCUT2D eigenvalue weighted by atomic mass is 9.75. The minimum atomic E-state index is -2.74. The van der Waals surface area contributed by atoms with E-state index in [9.17, 15) is 36.7 Å². The number of fused-ring (bicyclic) bond motifs is 10. The minimum Gasteiger partial charge on any atom is -0.460 e. The molecule has 8 aromatic rings. The van der Waals surface area contributed by atoms with Crippen molar-refractivity contribution in [2.75, 3.05) is 0 Å². The number of ketones is 4. The Kier molecular flexibility index (Phi) is 15.8. The van der Waals surface area contributed by atoms with Gasteiger partial charge in [-0.3, -0.25) is 19.2 Å². The van der Waals surface area contributed by atoms with Gasteiger partial charge < -0.3 is 28.4 Å². The SMILES string of the molecule is O=C1C(=Cc2cc3c(s2)C2=CC4C=C5OC(C(=O)OCc6ccccc6)(C(=O)OCc6ccccc6)C6=C(SC(/C=C7\C(=O)c8cc9c(cc8C7=O)CC(F)C(F)=C9)C6)C5=CC4C=C2OC3(C(=O)OCc2ccccc2)C(=O)OCc2ccccc2)C(=O)c2cc3cc(F)c(F)cc3cc21. The summed E-state index contributed by atoms with van der Waals surface area (Å²) in [4.78, 5) is 120. The number of allylic oxidation sites excluding steroid dienone is 9. The number of esters is 4. The first kappa shape index (κ1) is 63.4. The Morgan fingerprint density at radius 1 is 0.510 bits per heavy atom. The van der Waals surface area contributed by atoms with Gasteiger partial charge in [0.25, 0.3) is 0 Å². The Labute approximate surface area is 574 Å². The molecule has 0 spiro atoms. The summed E-state index contributed by atoms with van der Waals surface area (Å²) in [5.74, 6) is -12.2. The number of ether oxygens (including phenoxy) is 6. The van der Waals surface area contributed by atoms with Crippen LogP contribution in [0.5, 0.6) is 0 Å². The number of thiophene rings is 1. The number of halogens is 4. The molecule has 0 bridgehead atoms. The summed E-state index contributed by atoms with van der Waals surface area (Å²) in [5, 5.41) is -0.516. The number of rotatable bonds is 14. The highest BCUT2D eigenvalue weighted by atomic mass is 32.2. The molecule has 0 amide bonds. The van der Waals surface area contributed by atoms with Crippen LogP contribution in [0.3, 0.4) is 0 Å². The molecule has 1 aromatic heterocycles. The maximum Gasteiger partial charge on any atom is 0.367 e. The normalized spacial score (nSPS) is 20.5. The lowest BCUT2D eigenvalue weighted by molar-refractivity contribution is -0.190. The Balaban J connectivity index is 0.829. The topological polar surface area (TPSA) is 192 Å². The fourth-order valence-corrected chi connectivity index (χ4v) is 16.4. The number of alkyl halides is 1. The number of carbonyl (C=O) groups excluding carboxylic acids is 8. The van der Waals surface area contributed by atoms with Crippen molar-refractivity contribution in [1.29, 1.82) is 0 Å². The molecular weight excluding hydrogens is 1320 g/mol. The first-order valence-electron chi connectivity index (χ1n) is 31.8. The molecule has 0 N–H and O–H groups in total. The van der Waals surface area contributed by atoms with E-state index in [0.29, 0.717) is 43.9 Å². The van der Waals surface area contributed by atoms with Crippen LogP contribution in [0.25, 0.3) is 28.5 Å². The molecule has 7 aromatic carbocycles. The van der Waals surface area contributed by atoms with Crippen LogP contribution in [-0.4, -0.2) is 64.0 Å². The lowest BCUT2D eigenvalue weighted by Crippen LogP contribution is -2.54. The molecule has 20 heteroatoms. The van der Waals surface area contributed by atoms with E-state index in [-0.39, 0.29) is 121 Å². The largest absolute Gasteiger partial charge is 0.460 e. The van der Waals surface area contributed by atoms with Gasteiger partial charge in [-0.05, 0) is 117 Å². The summed E-state index contributed by atoms with van der Waals surface area (Å²) < 4.78 is 96.5. The first-order valence-corrected chi connectivity index (χ1v) is 33.5. The van der Waals surface area contributed by atoms with Crippen LogP contribution >= 0.6 is 23.1 Å². The fourth-order valence-electron chi connectivity index (χ4n) is 13.8. The standard InChI is InChI=1S/C80H50F4O14S2/c81-63-27-45-21-53-54(22-46(45)28-64(63)82)70(86)59(69(53)85)33-51-35-61-73(99-51)57-25-50-32-68-58(26-49(50)31-67(57)97-79(61,75(89)93-37-41-13-5-1-6-14-41)76(90)94-38-42-15-7-2-8-16-42)74-62(36-52(100-74)34-60-71(87)55-23-47-29-65(83)66(84)30-48(47)24-56(55)72(60)88)80(98-68,77(91)95-39-43-17-9-3-10-18-43)78(92)96-40-44-19-11-4-12-20-44/h1-29,31-35,49-50,52,66H,30,36-40H2/b60-34+. The Morgan fingerprint density at radius 3 is 1.46 bits per heavy atom. The number of hydrogen-bond donors (Lipinski definition) is 0. The fraction of sp³-hybridized carbons (Fsp3) is 0.150. The van der Waals surface area contributed by atoms with Gasteiger partial charge in [0.1, 0.15) is 43.8 Å². The van der Waals surface area contributed by atoms with E-state index in [0.717, 1.165) is 41.3 Å². The van der Waals surface area contributed by atoms with Crippen LogP contribution in [-0.2, 0) is 86.0 Å². The monoisotopic (exact) mass is 1370 g/mol. The van der Waals surface area contributed by atoms with Gasteiger partial charge in [0.15, 0.2) is 40.9 Å². The van der Waals surface area contributed by atoms with Gasteiger partial charge in [-0.1, -0.05) is 140 Å². The highest BCUT2D eigenvalue weighted by molar-refractivity contribution is 8.04. The third-order valence-corrected chi connectivity index (χ3v) is 21.2. The first-order chi connectivity index (χ1) is 48.4. The number of carbonyl (C=O) groups is 8.